The largest absolute Gasteiger partial charge is 0.370 e. The van der Waals surface area contributed by atoms with Crippen molar-refractivity contribution in [2.24, 2.45) is 11.7 Å². The molecule has 1 amide bonds. The Balaban J connectivity index is 1.82. The van der Waals surface area contributed by atoms with Crippen LogP contribution in [0.3, 0.4) is 0 Å². The van der Waals surface area contributed by atoms with Crippen molar-refractivity contribution in [2.45, 2.75) is 77.0 Å². The third-order valence-electron chi connectivity index (χ3n) is 3.76. The normalized spacial score (nSPS) is 17.5. The van der Waals surface area contributed by atoms with Gasteiger partial charge in [0, 0.05) is 6.42 Å². The molecule has 2 N–H and O–H groups in total. The summed E-state index contributed by atoms with van der Waals surface area (Å²) in [5, 5.41) is 0. The molecule has 1 fully saturated rings. The molecule has 0 saturated heterocycles. The van der Waals surface area contributed by atoms with Gasteiger partial charge < -0.3 is 5.73 Å². The molecular formula is C14H27NO. The molecule has 1 aliphatic rings. The Hall–Kier alpha value is -0.530. The minimum atomic E-state index is -0.151. The fourth-order valence-electron chi connectivity index (χ4n) is 2.74. The highest BCUT2D eigenvalue weighted by Crippen LogP contribution is 2.28. The van der Waals surface area contributed by atoms with E-state index in [4.69, 9.17) is 5.73 Å². The molecule has 0 aromatic heterocycles. The Kier molecular flexibility index (Phi) is 7.28. The van der Waals surface area contributed by atoms with Crippen LogP contribution in [-0.4, -0.2) is 5.91 Å². The summed E-state index contributed by atoms with van der Waals surface area (Å²) in [5.74, 6) is 0.876. The Bertz CT molecular complexity index is 185. The zero-order chi connectivity index (χ0) is 11.6. The van der Waals surface area contributed by atoms with Crippen LogP contribution in [0.15, 0.2) is 0 Å². The average molecular weight is 225 g/mol. The van der Waals surface area contributed by atoms with E-state index in [0.29, 0.717) is 6.42 Å². The van der Waals surface area contributed by atoms with Crippen LogP contribution in [0.25, 0.3) is 0 Å². The highest BCUT2D eigenvalue weighted by molar-refractivity contribution is 5.73. The lowest BCUT2D eigenvalue weighted by atomic mass is 9.85. The molecule has 1 saturated carbocycles. The van der Waals surface area contributed by atoms with Gasteiger partial charge in [-0.3, -0.25) is 4.79 Å². The van der Waals surface area contributed by atoms with Crippen LogP contribution in [0.4, 0.5) is 0 Å². The van der Waals surface area contributed by atoms with Crippen molar-refractivity contribution < 1.29 is 4.79 Å². The van der Waals surface area contributed by atoms with Crippen molar-refractivity contribution in [3.8, 4) is 0 Å². The third-order valence-corrected chi connectivity index (χ3v) is 3.76. The van der Waals surface area contributed by atoms with E-state index in [1.54, 1.807) is 0 Å². The molecular weight excluding hydrogens is 198 g/mol. The van der Waals surface area contributed by atoms with Crippen LogP contribution in [0.5, 0.6) is 0 Å². The van der Waals surface area contributed by atoms with E-state index in [1.807, 2.05) is 0 Å². The molecule has 0 aliphatic heterocycles. The van der Waals surface area contributed by atoms with E-state index in [-0.39, 0.29) is 5.91 Å². The first-order valence-electron chi connectivity index (χ1n) is 7.07. The van der Waals surface area contributed by atoms with Crippen LogP contribution in [0, 0.1) is 5.92 Å². The lowest BCUT2D eigenvalue weighted by Gasteiger charge is -2.21. The molecule has 2 heteroatoms. The van der Waals surface area contributed by atoms with E-state index in [2.05, 4.69) is 0 Å². The van der Waals surface area contributed by atoms with Gasteiger partial charge >= 0.3 is 0 Å². The number of amides is 1. The quantitative estimate of drug-likeness (QED) is 0.628. The van der Waals surface area contributed by atoms with Gasteiger partial charge in [-0.15, -0.1) is 0 Å². The topological polar surface area (TPSA) is 43.1 Å². The summed E-state index contributed by atoms with van der Waals surface area (Å²) in [5.41, 5.74) is 5.09. The fourth-order valence-corrected chi connectivity index (χ4v) is 2.74. The first-order chi connectivity index (χ1) is 7.79. The van der Waals surface area contributed by atoms with Crippen molar-refractivity contribution >= 4 is 5.91 Å². The first-order valence-corrected chi connectivity index (χ1v) is 7.07. The molecule has 16 heavy (non-hydrogen) atoms. The number of carbonyl (C=O) groups is 1. The molecule has 0 unspecified atom stereocenters. The first kappa shape index (κ1) is 13.5. The van der Waals surface area contributed by atoms with Crippen LogP contribution in [-0.2, 0) is 4.79 Å². The monoisotopic (exact) mass is 225 g/mol. The van der Waals surface area contributed by atoms with Crippen LogP contribution < -0.4 is 5.73 Å². The lowest BCUT2D eigenvalue weighted by Crippen LogP contribution is -2.09. The predicted octanol–water partition coefficient (Wildman–Crippen LogP) is 3.78. The maximum absolute atomic E-state index is 10.5. The molecule has 0 aromatic carbocycles. The van der Waals surface area contributed by atoms with Gasteiger partial charge in [0.1, 0.15) is 0 Å². The minimum absolute atomic E-state index is 0.151. The van der Waals surface area contributed by atoms with Crippen molar-refractivity contribution in [1.29, 1.82) is 0 Å². The Morgan fingerprint density at radius 3 is 2.25 bits per heavy atom. The number of primary amides is 1. The smallest absolute Gasteiger partial charge is 0.217 e. The molecule has 0 aromatic rings. The summed E-state index contributed by atoms with van der Waals surface area (Å²) in [6.45, 7) is 0. The standard InChI is InChI=1S/C14H27NO/c15-14(16)12-8-3-1-2-5-9-13-10-6-4-7-11-13/h13H,1-12H2,(H2,15,16). The SMILES string of the molecule is NC(=O)CCCCCCCC1CCCCC1. The van der Waals surface area contributed by atoms with E-state index in [1.165, 1.54) is 64.2 Å². The molecule has 1 aliphatic carbocycles. The molecule has 2 nitrogen and oxygen atoms in total. The maximum atomic E-state index is 10.5. The van der Waals surface area contributed by atoms with Gasteiger partial charge in [0.15, 0.2) is 0 Å². The number of hydrogen-bond donors (Lipinski definition) is 1. The Labute approximate surface area is 100.0 Å². The van der Waals surface area contributed by atoms with E-state index in [0.717, 1.165) is 12.3 Å². The molecule has 0 radical (unpaired) electrons. The van der Waals surface area contributed by atoms with Gasteiger partial charge in [0.25, 0.3) is 0 Å². The molecule has 94 valence electrons. The highest BCUT2D eigenvalue weighted by Gasteiger charge is 2.12. The number of carbonyl (C=O) groups excluding carboxylic acids is 1. The van der Waals surface area contributed by atoms with Gasteiger partial charge in [-0.2, -0.15) is 0 Å². The fraction of sp³-hybridized carbons (Fsp3) is 0.929. The predicted molar refractivity (Wildman–Crippen MR) is 68.1 cm³/mol. The van der Waals surface area contributed by atoms with Gasteiger partial charge in [-0.25, -0.2) is 0 Å². The Morgan fingerprint density at radius 1 is 0.938 bits per heavy atom. The van der Waals surface area contributed by atoms with Gasteiger partial charge in [-0.1, -0.05) is 64.2 Å². The zero-order valence-electron chi connectivity index (χ0n) is 10.5. The van der Waals surface area contributed by atoms with Gasteiger partial charge in [0.05, 0.1) is 0 Å². The highest BCUT2D eigenvalue weighted by atomic mass is 16.1. The second-order valence-corrected chi connectivity index (χ2v) is 5.28. The van der Waals surface area contributed by atoms with Crippen LogP contribution in [0.2, 0.25) is 0 Å². The van der Waals surface area contributed by atoms with Crippen LogP contribution >= 0.6 is 0 Å². The second-order valence-electron chi connectivity index (χ2n) is 5.28. The van der Waals surface area contributed by atoms with Crippen molar-refractivity contribution in [3.05, 3.63) is 0 Å². The number of unbranched alkanes of at least 4 members (excludes halogenated alkanes) is 4. The molecule has 0 atom stereocenters. The molecule has 1 rings (SSSR count). The summed E-state index contributed by atoms with van der Waals surface area (Å²) in [6.07, 6.45) is 15.5. The summed E-state index contributed by atoms with van der Waals surface area (Å²) in [7, 11) is 0. The second kappa shape index (κ2) is 8.60. The van der Waals surface area contributed by atoms with E-state index in [9.17, 15) is 4.79 Å². The average Bonchev–Trinajstić information content (AvgIpc) is 2.29. The summed E-state index contributed by atoms with van der Waals surface area (Å²) < 4.78 is 0. The summed E-state index contributed by atoms with van der Waals surface area (Å²) in [6, 6.07) is 0. The van der Waals surface area contributed by atoms with Gasteiger partial charge in [-0.05, 0) is 12.3 Å². The maximum Gasteiger partial charge on any atom is 0.217 e. The minimum Gasteiger partial charge on any atom is -0.370 e. The van der Waals surface area contributed by atoms with Crippen molar-refractivity contribution in [2.75, 3.05) is 0 Å². The lowest BCUT2D eigenvalue weighted by molar-refractivity contribution is -0.118. The summed E-state index contributed by atoms with van der Waals surface area (Å²) in [4.78, 5) is 10.5. The molecule has 0 bridgehead atoms. The summed E-state index contributed by atoms with van der Waals surface area (Å²) >= 11 is 0. The van der Waals surface area contributed by atoms with E-state index >= 15 is 0 Å². The van der Waals surface area contributed by atoms with Gasteiger partial charge in [0.2, 0.25) is 5.91 Å². The number of nitrogens with two attached hydrogens (primary N) is 1. The Morgan fingerprint density at radius 2 is 1.56 bits per heavy atom. The van der Waals surface area contributed by atoms with E-state index < -0.39 is 0 Å². The number of hydrogen-bond acceptors (Lipinski definition) is 1. The molecule has 0 spiro atoms. The third kappa shape index (κ3) is 6.86. The van der Waals surface area contributed by atoms with Crippen molar-refractivity contribution in [3.63, 3.8) is 0 Å². The zero-order valence-corrected chi connectivity index (χ0v) is 10.5. The van der Waals surface area contributed by atoms with Crippen molar-refractivity contribution in [1.82, 2.24) is 0 Å². The van der Waals surface area contributed by atoms with Crippen LogP contribution in [0.1, 0.15) is 77.0 Å². The number of rotatable bonds is 8. The molecule has 0 heterocycles.